The summed E-state index contributed by atoms with van der Waals surface area (Å²) < 4.78 is 36.9. The number of rotatable bonds is 5. The van der Waals surface area contributed by atoms with Gasteiger partial charge in [0.15, 0.2) is 9.84 Å². The van der Waals surface area contributed by atoms with Gasteiger partial charge in [0.25, 0.3) is 0 Å². The molecule has 0 aliphatic carbocycles. The highest BCUT2D eigenvalue weighted by Gasteiger charge is 2.18. The first-order chi connectivity index (χ1) is 7.97. The van der Waals surface area contributed by atoms with Crippen molar-refractivity contribution in [2.75, 3.05) is 11.5 Å². The molecule has 0 amide bonds. The van der Waals surface area contributed by atoms with Gasteiger partial charge in [-0.2, -0.15) is 5.26 Å². The Balaban J connectivity index is 2.80. The molecule has 0 unspecified atom stereocenters. The number of halogens is 1. The Labute approximate surface area is 99.8 Å². The summed E-state index contributed by atoms with van der Waals surface area (Å²) in [7, 11) is -3.63. The van der Waals surface area contributed by atoms with E-state index in [0.29, 0.717) is 19.3 Å². The van der Waals surface area contributed by atoms with Gasteiger partial charge < -0.3 is 5.73 Å². The van der Waals surface area contributed by atoms with Gasteiger partial charge in [0.05, 0.1) is 11.8 Å². The number of unbranched alkanes of at least 4 members (excludes halogenated alkanes) is 2. The van der Waals surface area contributed by atoms with Crippen LogP contribution in [0.2, 0.25) is 0 Å². The van der Waals surface area contributed by atoms with Crippen molar-refractivity contribution in [3.8, 4) is 6.07 Å². The topological polar surface area (TPSA) is 84.0 Å². The van der Waals surface area contributed by atoms with Gasteiger partial charge in [-0.15, -0.1) is 0 Å². The third-order valence-corrected chi connectivity index (χ3v) is 4.07. The van der Waals surface area contributed by atoms with E-state index in [2.05, 4.69) is 0 Å². The standard InChI is InChI=1S/C11H13FN2O2S/c12-10-8-9(14)4-5-11(10)17(15,16)7-3-1-2-6-13/h4-5,8H,1-3,7,14H2. The Bertz CT molecular complexity index is 535. The van der Waals surface area contributed by atoms with Crippen molar-refractivity contribution in [2.24, 2.45) is 0 Å². The molecular formula is C11H13FN2O2S. The maximum Gasteiger partial charge on any atom is 0.181 e. The van der Waals surface area contributed by atoms with E-state index in [1.54, 1.807) is 0 Å². The number of nitriles is 1. The lowest BCUT2D eigenvalue weighted by Crippen LogP contribution is -2.09. The Morgan fingerprint density at radius 3 is 2.65 bits per heavy atom. The lowest BCUT2D eigenvalue weighted by atomic mass is 10.3. The van der Waals surface area contributed by atoms with Gasteiger partial charge in [0, 0.05) is 12.1 Å². The summed E-state index contributed by atoms with van der Waals surface area (Å²) in [5, 5.41) is 8.31. The number of anilines is 1. The number of hydrogen-bond donors (Lipinski definition) is 1. The molecule has 0 saturated heterocycles. The summed E-state index contributed by atoms with van der Waals surface area (Å²) in [6.45, 7) is 0. The van der Waals surface area contributed by atoms with E-state index in [4.69, 9.17) is 11.0 Å². The average molecular weight is 256 g/mol. The summed E-state index contributed by atoms with van der Waals surface area (Å²) in [6.07, 6.45) is 1.14. The summed E-state index contributed by atoms with van der Waals surface area (Å²) in [5.74, 6) is -0.986. The average Bonchev–Trinajstić information content (AvgIpc) is 2.24. The molecule has 6 heteroatoms. The van der Waals surface area contributed by atoms with Crippen LogP contribution in [0.5, 0.6) is 0 Å². The van der Waals surface area contributed by atoms with E-state index >= 15 is 0 Å². The number of benzene rings is 1. The van der Waals surface area contributed by atoms with E-state index in [-0.39, 0.29) is 16.3 Å². The molecule has 4 nitrogen and oxygen atoms in total. The van der Waals surface area contributed by atoms with Crippen molar-refractivity contribution in [1.82, 2.24) is 0 Å². The molecule has 1 rings (SSSR count). The lowest BCUT2D eigenvalue weighted by Gasteiger charge is -2.05. The number of hydrogen-bond acceptors (Lipinski definition) is 4. The van der Waals surface area contributed by atoms with Gasteiger partial charge in [-0.1, -0.05) is 0 Å². The first-order valence-electron chi connectivity index (χ1n) is 5.12. The second-order valence-corrected chi connectivity index (χ2v) is 5.70. The molecule has 17 heavy (non-hydrogen) atoms. The fourth-order valence-corrected chi connectivity index (χ4v) is 2.81. The van der Waals surface area contributed by atoms with Crippen molar-refractivity contribution in [1.29, 1.82) is 5.26 Å². The second-order valence-electron chi connectivity index (χ2n) is 3.62. The molecule has 0 bridgehead atoms. The van der Waals surface area contributed by atoms with Gasteiger partial charge in [0.2, 0.25) is 0 Å². The van der Waals surface area contributed by atoms with Crippen molar-refractivity contribution in [3.63, 3.8) is 0 Å². The Morgan fingerprint density at radius 2 is 2.06 bits per heavy atom. The number of nitrogen functional groups attached to an aromatic ring is 1. The third-order valence-electron chi connectivity index (χ3n) is 2.24. The quantitative estimate of drug-likeness (QED) is 0.644. The van der Waals surface area contributed by atoms with E-state index < -0.39 is 15.7 Å². The van der Waals surface area contributed by atoms with Crippen LogP contribution in [-0.4, -0.2) is 14.2 Å². The fraction of sp³-hybridized carbons (Fsp3) is 0.364. The van der Waals surface area contributed by atoms with Crippen LogP contribution in [0.1, 0.15) is 19.3 Å². The van der Waals surface area contributed by atoms with Crippen molar-refractivity contribution < 1.29 is 12.8 Å². The Morgan fingerprint density at radius 1 is 1.35 bits per heavy atom. The molecule has 0 aliphatic heterocycles. The van der Waals surface area contributed by atoms with Crippen LogP contribution >= 0.6 is 0 Å². The van der Waals surface area contributed by atoms with Crippen LogP contribution in [0.15, 0.2) is 23.1 Å². The molecule has 0 saturated carbocycles. The second kappa shape index (κ2) is 5.64. The molecule has 0 radical (unpaired) electrons. The molecule has 0 aromatic heterocycles. The minimum atomic E-state index is -3.63. The first kappa shape index (κ1) is 13.5. The predicted molar refractivity (Wildman–Crippen MR) is 62.3 cm³/mol. The van der Waals surface area contributed by atoms with E-state index in [9.17, 15) is 12.8 Å². The molecule has 0 fully saturated rings. The van der Waals surface area contributed by atoms with E-state index in [1.165, 1.54) is 12.1 Å². The van der Waals surface area contributed by atoms with Crippen LogP contribution in [0.3, 0.4) is 0 Å². The highest BCUT2D eigenvalue weighted by molar-refractivity contribution is 7.91. The van der Waals surface area contributed by atoms with Gasteiger partial charge >= 0.3 is 0 Å². The molecule has 1 aromatic carbocycles. The SMILES string of the molecule is N#CCCCCS(=O)(=O)c1ccc(N)cc1F. The van der Waals surface area contributed by atoms with Crippen LogP contribution < -0.4 is 5.73 Å². The van der Waals surface area contributed by atoms with Crippen LogP contribution in [0.4, 0.5) is 10.1 Å². The minimum Gasteiger partial charge on any atom is -0.399 e. The highest BCUT2D eigenvalue weighted by atomic mass is 32.2. The lowest BCUT2D eigenvalue weighted by molar-refractivity contribution is 0.565. The zero-order valence-electron chi connectivity index (χ0n) is 9.19. The molecule has 1 aromatic rings. The minimum absolute atomic E-state index is 0.157. The van der Waals surface area contributed by atoms with Gasteiger partial charge in [-0.3, -0.25) is 0 Å². The summed E-state index contributed by atoms with van der Waals surface area (Å²) in [6, 6.07) is 5.44. The van der Waals surface area contributed by atoms with E-state index in [1.807, 2.05) is 6.07 Å². The number of sulfone groups is 1. The Hall–Kier alpha value is -1.61. The van der Waals surface area contributed by atoms with Gasteiger partial charge in [0.1, 0.15) is 10.7 Å². The monoisotopic (exact) mass is 256 g/mol. The number of nitrogens with zero attached hydrogens (tertiary/aromatic N) is 1. The van der Waals surface area contributed by atoms with Gasteiger partial charge in [-0.25, -0.2) is 12.8 Å². The van der Waals surface area contributed by atoms with Crippen molar-refractivity contribution in [2.45, 2.75) is 24.2 Å². The molecule has 0 heterocycles. The molecule has 2 N–H and O–H groups in total. The zero-order valence-corrected chi connectivity index (χ0v) is 10.0. The summed E-state index contributed by atoms with van der Waals surface area (Å²) in [4.78, 5) is -0.330. The van der Waals surface area contributed by atoms with Gasteiger partial charge in [-0.05, 0) is 31.0 Å². The normalized spacial score (nSPS) is 11.1. The smallest absolute Gasteiger partial charge is 0.181 e. The molecule has 92 valence electrons. The van der Waals surface area contributed by atoms with Crippen LogP contribution in [0, 0.1) is 17.1 Å². The summed E-state index contributed by atoms with van der Waals surface area (Å²) >= 11 is 0. The Kier molecular flexibility index (Phi) is 4.46. The fourth-order valence-electron chi connectivity index (χ4n) is 1.38. The van der Waals surface area contributed by atoms with E-state index in [0.717, 1.165) is 6.07 Å². The largest absolute Gasteiger partial charge is 0.399 e. The third kappa shape index (κ3) is 3.71. The predicted octanol–water partition coefficient (Wildman–Crippen LogP) is 1.88. The van der Waals surface area contributed by atoms with Crippen LogP contribution in [0.25, 0.3) is 0 Å². The zero-order chi connectivity index (χ0) is 12.9. The van der Waals surface area contributed by atoms with Crippen molar-refractivity contribution >= 4 is 15.5 Å². The van der Waals surface area contributed by atoms with Crippen molar-refractivity contribution in [3.05, 3.63) is 24.0 Å². The van der Waals surface area contributed by atoms with Crippen LogP contribution in [-0.2, 0) is 9.84 Å². The molecule has 0 aliphatic rings. The number of nitrogens with two attached hydrogens (primary N) is 1. The molecular weight excluding hydrogens is 243 g/mol. The first-order valence-corrected chi connectivity index (χ1v) is 6.77. The maximum absolute atomic E-state index is 13.4. The molecule has 0 atom stereocenters. The highest BCUT2D eigenvalue weighted by Crippen LogP contribution is 2.19. The molecule has 0 spiro atoms. The summed E-state index contributed by atoms with van der Waals surface area (Å²) in [5.41, 5.74) is 5.53. The maximum atomic E-state index is 13.4.